The van der Waals surface area contributed by atoms with Gasteiger partial charge < -0.3 is 5.11 Å². The van der Waals surface area contributed by atoms with E-state index in [1.54, 1.807) is 18.2 Å². The highest BCUT2D eigenvalue weighted by Gasteiger charge is 2.25. The number of carbonyl (C=O) groups is 1. The molecular formula is C12H12N2O4S2. The van der Waals surface area contributed by atoms with Gasteiger partial charge in [0.25, 0.3) is 10.0 Å². The maximum atomic E-state index is 12.4. The summed E-state index contributed by atoms with van der Waals surface area (Å²) < 4.78 is 25.7. The smallest absolute Gasteiger partial charge is 0.347 e. The van der Waals surface area contributed by atoms with E-state index < -0.39 is 16.0 Å². The van der Waals surface area contributed by atoms with Crippen molar-refractivity contribution in [3.05, 3.63) is 40.9 Å². The van der Waals surface area contributed by atoms with E-state index in [2.05, 4.69) is 4.98 Å². The monoisotopic (exact) mass is 312 g/mol. The summed E-state index contributed by atoms with van der Waals surface area (Å²) in [6.07, 6.45) is 0. The van der Waals surface area contributed by atoms with Crippen LogP contribution in [-0.2, 0) is 10.0 Å². The average Bonchev–Trinajstić information content (AvgIpc) is 2.81. The van der Waals surface area contributed by atoms with Crippen molar-refractivity contribution in [1.82, 2.24) is 4.98 Å². The number of nitrogens with zero attached hydrogens (tertiary/aromatic N) is 2. The van der Waals surface area contributed by atoms with Crippen LogP contribution < -0.4 is 4.31 Å². The number of carboxylic acids is 1. The molecule has 0 amide bonds. The van der Waals surface area contributed by atoms with E-state index in [1.807, 2.05) is 0 Å². The number of benzene rings is 1. The summed E-state index contributed by atoms with van der Waals surface area (Å²) in [7, 11) is -2.38. The Kier molecular flexibility index (Phi) is 3.78. The number of sulfonamides is 1. The van der Waals surface area contributed by atoms with Crippen molar-refractivity contribution in [2.45, 2.75) is 11.8 Å². The quantitative estimate of drug-likeness (QED) is 0.932. The second-order valence-electron chi connectivity index (χ2n) is 4.00. The van der Waals surface area contributed by atoms with Crippen LogP contribution >= 0.6 is 11.3 Å². The summed E-state index contributed by atoms with van der Waals surface area (Å²) in [4.78, 5) is 15.2. The van der Waals surface area contributed by atoms with Crippen molar-refractivity contribution in [3.8, 4) is 0 Å². The molecule has 0 saturated heterocycles. The zero-order valence-corrected chi connectivity index (χ0v) is 12.4. The Labute approximate surface area is 120 Å². The minimum Gasteiger partial charge on any atom is -0.477 e. The standard InChI is InChI=1S/C12H12N2O4S2/c1-8-10(11(15)16)19-12(13-8)14(2)20(17,18)9-6-4-3-5-7-9/h3-7H,1-2H3,(H,15,16). The molecule has 0 saturated carbocycles. The average molecular weight is 312 g/mol. The van der Waals surface area contributed by atoms with E-state index in [4.69, 9.17) is 5.11 Å². The number of thiazole rings is 1. The topological polar surface area (TPSA) is 87.6 Å². The Balaban J connectivity index is 2.44. The number of rotatable bonds is 4. The molecule has 2 rings (SSSR count). The zero-order chi connectivity index (χ0) is 14.9. The molecule has 6 nitrogen and oxygen atoms in total. The van der Waals surface area contributed by atoms with Crippen LogP contribution in [0.4, 0.5) is 5.13 Å². The van der Waals surface area contributed by atoms with E-state index in [1.165, 1.54) is 26.1 Å². The molecule has 106 valence electrons. The Morgan fingerprint density at radius 1 is 1.30 bits per heavy atom. The van der Waals surface area contributed by atoms with Crippen molar-refractivity contribution < 1.29 is 18.3 Å². The van der Waals surface area contributed by atoms with E-state index >= 15 is 0 Å². The van der Waals surface area contributed by atoms with Gasteiger partial charge in [0.15, 0.2) is 5.13 Å². The third-order valence-corrected chi connectivity index (χ3v) is 5.75. The van der Waals surface area contributed by atoms with Gasteiger partial charge in [0.05, 0.1) is 10.6 Å². The fourth-order valence-electron chi connectivity index (χ4n) is 1.57. The summed E-state index contributed by atoms with van der Waals surface area (Å²) in [5.41, 5.74) is 0.299. The molecule has 0 fully saturated rings. The van der Waals surface area contributed by atoms with Crippen LogP contribution in [0.3, 0.4) is 0 Å². The Hall–Kier alpha value is -1.93. The third-order valence-electron chi connectivity index (χ3n) is 2.65. The predicted molar refractivity (Wildman–Crippen MR) is 75.8 cm³/mol. The minimum absolute atomic E-state index is 0.0371. The lowest BCUT2D eigenvalue weighted by Crippen LogP contribution is -2.26. The lowest BCUT2D eigenvalue weighted by atomic mass is 10.4. The molecule has 1 N–H and O–H groups in total. The summed E-state index contributed by atoms with van der Waals surface area (Å²) in [5, 5.41) is 9.11. The van der Waals surface area contributed by atoms with Crippen LogP contribution in [-0.4, -0.2) is 31.5 Å². The maximum Gasteiger partial charge on any atom is 0.347 e. The Morgan fingerprint density at radius 3 is 2.40 bits per heavy atom. The zero-order valence-electron chi connectivity index (χ0n) is 10.8. The van der Waals surface area contributed by atoms with E-state index in [-0.39, 0.29) is 14.9 Å². The van der Waals surface area contributed by atoms with Gasteiger partial charge in [-0.2, -0.15) is 0 Å². The molecule has 8 heteroatoms. The van der Waals surface area contributed by atoms with Crippen LogP contribution in [0.15, 0.2) is 35.2 Å². The van der Waals surface area contributed by atoms with Crippen molar-refractivity contribution in [3.63, 3.8) is 0 Å². The number of hydrogen-bond acceptors (Lipinski definition) is 5. The molecule has 0 spiro atoms. The molecule has 1 aromatic heterocycles. The van der Waals surface area contributed by atoms with E-state index in [0.29, 0.717) is 5.69 Å². The fraction of sp³-hybridized carbons (Fsp3) is 0.167. The molecule has 0 radical (unpaired) electrons. The molecule has 2 aromatic rings. The van der Waals surface area contributed by atoms with Gasteiger partial charge in [0.2, 0.25) is 0 Å². The van der Waals surface area contributed by atoms with Gasteiger partial charge in [-0.05, 0) is 19.1 Å². The van der Waals surface area contributed by atoms with Gasteiger partial charge in [0.1, 0.15) is 4.88 Å². The summed E-state index contributed by atoms with van der Waals surface area (Å²) in [6.45, 7) is 1.53. The van der Waals surface area contributed by atoms with Gasteiger partial charge in [-0.3, -0.25) is 0 Å². The van der Waals surface area contributed by atoms with Gasteiger partial charge in [-0.25, -0.2) is 22.5 Å². The second-order valence-corrected chi connectivity index (χ2v) is 6.95. The van der Waals surface area contributed by atoms with Gasteiger partial charge in [0, 0.05) is 7.05 Å². The first-order chi connectivity index (χ1) is 9.34. The first-order valence-corrected chi connectivity index (χ1v) is 7.84. The van der Waals surface area contributed by atoms with Crippen molar-refractivity contribution >= 4 is 32.5 Å². The first-order valence-electron chi connectivity index (χ1n) is 5.58. The van der Waals surface area contributed by atoms with Crippen LogP contribution in [0.25, 0.3) is 0 Å². The number of hydrogen-bond donors (Lipinski definition) is 1. The van der Waals surface area contributed by atoms with E-state index in [9.17, 15) is 13.2 Å². The van der Waals surface area contributed by atoms with Crippen molar-refractivity contribution in [2.24, 2.45) is 0 Å². The highest BCUT2D eigenvalue weighted by atomic mass is 32.2. The second kappa shape index (κ2) is 5.22. The molecule has 20 heavy (non-hydrogen) atoms. The fourth-order valence-corrected chi connectivity index (χ4v) is 3.81. The molecule has 0 aliphatic carbocycles. The van der Waals surface area contributed by atoms with Gasteiger partial charge in [-0.1, -0.05) is 29.5 Å². The Bertz CT molecular complexity index is 738. The van der Waals surface area contributed by atoms with Crippen molar-refractivity contribution in [1.29, 1.82) is 0 Å². The first kappa shape index (κ1) is 14.5. The number of aromatic carboxylic acids is 1. The van der Waals surface area contributed by atoms with Gasteiger partial charge >= 0.3 is 5.97 Å². The van der Waals surface area contributed by atoms with Crippen LogP contribution in [0.5, 0.6) is 0 Å². The van der Waals surface area contributed by atoms with E-state index in [0.717, 1.165) is 15.6 Å². The predicted octanol–water partition coefficient (Wildman–Crippen LogP) is 1.97. The highest BCUT2D eigenvalue weighted by Crippen LogP contribution is 2.29. The molecule has 0 atom stereocenters. The largest absolute Gasteiger partial charge is 0.477 e. The van der Waals surface area contributed by atoms with Crippen LogP contribution in [0.1, 0.15) is 15.4 Å². The van der Waals surface area contributed by atoms with Crippen molar-refractivity contribution in [2.75, 3.05) is 11.4 Å². The number of aromatic nitrogens is 1. The van der Waals surface area contributed by atoms with Crippen LogP contribution in [0, 0.1) is 6.92 Å². The van der Waals surface area contributed by atoms with Gasteiger partial charge in [-0.15, -0.1) is 0 Å². The molecule has 1 aromatic carbocycles. The van der Waals surface area contributed by atoms with Crippen LogP contribution in [0.2, 0.25) is 0 Å². The molecule has 0 aliphatic rings. The lowest BCUT2D eigenvalue weighted by molar-refractivity contribution is 0.0701. The number of anilines is 1. The summed E-state index contributed by atoms with van der Waals surface area (Å²) >= 11 is 0.833. The molecule has 1 heterocycles. The summed E-state index contributed by atoms with van der Waals surface area (Å²) in [6, 6.07) is 7.91. The minimum atomic E-state index is -3.73. The number of aryl methyl sites for hydroxylation is 1. The molecular weight excluding hydrogens is 300 g/mol. The maximum absolute atomic E-state index is 12.4. The molecule has 0 bridgehead atoms. The Morgan fingerprint density at radius 2 is 1.90 bits per heavy atom. The molecule has 0 unspecified atom stereocenters. The lowest BCUT2D eigenvalue weighted by Gasteiger charge is -2.15. The number of carboxylic acid groups (broad SMARTS) is 1. The third kappa shape index (κ3) is 2.52. The summed E-state index contributed by atoms with van der Waals surface area (Å²) in [5.74, 6) is -1.11. The highest BCUT2D eigenvalue weighted by molar-refractivity contribution is 7.93. The molecule has 0 aliphatic heterocycles. The normalized spacial score (nSPS) is 11.3. The SMILES string of the molecule is Cc1nc(N(C)S(=O)(=O)c2ccccc2)sc1C(=O)O.